The summed E-state index contributed by atoms with van der Waals surface area (Å²) >= 11 is 2.95. The van der Waals surface area contributed by atoms with Crippen molar-refractivity contribution in [2.75, 3.05) is 6.54 Å². The summed E-state index contributed by atoms with van der Waals surface area (Å²) in [5.41, 5.74) is 0.637. The quantitative estimate of drug-likeness (QED) is 0.872. The molecule has 0 amide bonds. The van der Waals surface area contributed by atoms with E-state index in [0.717, 1.165) is 6.07 Å². The van der Waals surface area contributed by atoms with E-state index in [2.05, 4.69) is 26.0 Å². The Morgan fingerprint density at radius 1 is 1.44 bits per heavy atom. The van der Waals surface area contributed by atoms with Crippen molar-refractivity contribution in [2.45, 2.75) is 12.9 Å². The van der Waals surface area contributed by atoms with Gasteiger partial charge in [0.1, 0.15) is 5.75 Å². The van der Waals surface area contributed by atoms with Crippen molar-refractivity contribution in [1.82, 2.24) is 5.32 Å². The van der Waals surface area contributed by atoms with Crippen LogP contribution in [0.1, 0.15) is 5.56 Å². The van der Waals surface area contributed by atoms with Crippen LogP contribution < -0.4 is 10.1 Å². The molecular formula is C10H9BrF3NO3. The van der Waals surface area contributed by atoms with Crippen LogP contribution in [0.15, 0.2) is 22.7 Å². The molecule has 1 aromatic rings. The number of benzene rings is 1. The van der Waals surface area contributed by atoms with Gasteiger partial charge in [0.25, 0.3) is 0 Å². The van der Waals surface area contributed by atoms with Gasteiger partial charge in [-0.3, -0.25) is 4.79 Å². The molecule has 0 saturated carbocycles. The number of aliphatic carboxylic acids is 1. The maximum Gasteiger partial charge on any atom is 0.573 e. The number of carboxylic acid groups (broad SMARTS) is 1. The lowest BCUT2D eigenvalue weighted by molar-refractivity contribution is -0.274. The number of halogens is 4. The number of ether oxygens (including phenoxy) is 1. The van der Waals surface area contributed by atoms with Gasteiger partial charge in [-0.25, -0.2) is 0 Å². The van der Waals surface area contributed by atoms with E-state index < -0.39 is 12.3 Å². The van der Waals surface area contributed by atoms with Crippen molar-refractivity contribution in [1.29, 1.82) is 0 Å². The fraction of sp³-hybridized carbons (Fsp3) is 0.300. The second kappa shape index (κ2) is 6.05. The van der Waals surface area contributed by atoms with Crippen LogP contribution in [0.2, 0.25) is 0 Å². The Bertz CT molecular complexity index is 437. The smallest absolute Gasteiger partial charge is 0.480 e. The fourth-order valence-electron chi connectivity index (χ4n) is 1.18. The molecule has 1 aromatic carbocycles. The lowest BCUT2D eigenvalue weighted by atomic mass is 10.2. The van der Waals surface area contributed by atoms with Crippen molar-refractivity contribution < 1.29 is 27.8 Å². The van der Waals surface area contributed by atoms with Gasteiger partial charge in [-0.1, -0.05) is 6.07 Å². The Morgan fingerprint density at radius 2 is 2.11 bits per heavy atom. The molecule has 100 valence electrons. The minimum Gasteiger partial charge on any atom is -0.480 e. The Hall–Kier alpha value is -1.28. The first kappa shape index (κ1) is 14.8. The molecule has 0 unspecified atom stereocenters. The van der Waals surface area contributed by atoms with Crippen LogP contribution in [0.25, 0.3) is 0 Å². The highest BCUT2D eigenvalue weighted by Gasteiger charge is 2.31. The summed E-state index contributed by atoms with van der Waals surface area (Å²) in [7, 11) is 0. The van der Waals surface area contributed by atoms with E-state index in [9.17, 15) is 18.0 Å². The average Bonchev–Trinajstić information content (AvgIpc) is 2.19. The molecule has 0 radical (unpaired) electrons. The first-order valence-corrected chi connectivity index (χ1v) is 5.54. The van der Waals surface area contributed by atoms with Crippen LogP contribution >= 0.6 is 15.9 Å². The van der Waals surface area contributed by atoms with Crippen molar-refractivity contribution in [3.05, 3.63) is 28.2 Å². The van der Waals surface area contributed by atoms with E-state index in [1.54, 1.807) is 0 Å². The molecular weight excluding hydrogens is 319 g/mol. The summed E-state index contributed by atoms with van der Waals surface area (Å²) in [5.74, 6) is -1.35. The van der Waals surface area contributed by atoms with Gasteiger partial charge in [0.2, 0.25) is 0 Å². The van der Waals surface area contributed by atoms with E-state index in [-0.39, 0.29) is 23.3 Å². The van der Waals surface area contributed by atoms with E-state index in [1.807, 2.05) is 0 Å². The predicted octanol–water partition coefficient (Wildman–Crippen LogP) is 2.52. The fourth-order valence-corrected chi connectivity index (χ4v) is 1.68. The van der Waals surface area contributed by atoms with Crippen LogP contribution in [0, 0.1) is 0 Å². The van der Waals surface area contributed by atoms with Gasteiger partial charge in [0.15, 0.2) is 0 Å². The molecule has 0 aliphatic heterocycles. The van der Waals surface area contributed by atoms with E-state index in [1.165, 1.54) is 12.1 Å². The lowest BCUT2D eigenvalue weighted by Gasteiger charge is -2.11. The van der Waals surface area contributed by atoms with Gasteiger partial charge in [-0.2, -0.15) is 0 Å². The van der Waals surface area contributed by atoms with Crippen LogP contribution in [-0.4, -0.2) is 24.0 Å². The largest absolute Gasteiger partial charge is 0.573 e. The molecule has 2 N–H and O–H groups in total. The maximum atomic E-state index is 12.0. The zero-order valence-electron chi connectivity index (χ0n) is 8.92. The molecule has 0 fully saturated rings. The Labute approximate surface area is 109 Å². The highest BCUT2D eigenvalue weighted by molar-refractivity contribution is 9.10. The molecule has 4 nitrogen and oxygen atoms in total. The average molecular weight is 328 g/mol. The third-order valence-electron chi connectivity index (χ3n) is 1.83. The van der Waals surface area contributed by atoms with Gasteiger partial charge in [-0.05, 0) is 33.6 Å². The summed E-state index contributed by atoms with van der Waals surface area (Å²) < 4.78 is 39.9. The predicted molar refractivity (Wildman–Crippen MR) is 60.2 cm³/mol. The number of alkyl halides is 3. The van der Waals surface area contributed by atoms with Crippen LogP contribution in [0.5, 0.6) is 5.75 Å². The van der Waals surface area contributed by atoms with Gasteiger partial charge in [0.05, 0.1) is 11.0 Å². The lowest BCUT2D eigenvalue weighted by Crippen LogP contribution is -2.22. The summed E-state index contributed by atoms with van der Waals surface area (Å²) in [4.78, 5) is 10.3. The number of hydrogen-bond acceptors (Lipinski definition) is 3. The number of nitrogens with one attached hydrogen (secondary N) is 1. The summed E-state index contributed by atoms with van der Waals surface area (Å²) in [6, 6.07) is 4.01. The number of rotatable bonds is 5. The molecule has 1 rings (SSSR count). The number of carboxylic acids is 1. The highest BCUT2D eigenvalue weighted by atomic mass is 79.9. The molecule has 0 aromatic heterocycles. The van der Waals surface area contributed by atoms with Gasteiger partial charge >= 0.3 is 12.3 Å². The molecule has 0 bridgehead atoms. The van der Waals surface area contributed by atoms with Crippen LogP contribution in [0.4, 0.5) is 13.2 Å². The number of carbonyl (C=O) groups is 1. The zero-order valence-corrected chi connectivity index (χ0v) is 10.5. The monoisotopic (exact) mass is 327 g/mol. The van der Waals surface area contributed by atoms with E-state index >= 15 is 0 Å². The molecule has 0 atom stereocenters. The zero-order chi connectivity index (χ0) is 13.8. The first-order valence-electron chi connectivity index (χ1n) is 4.74. The highest BCUT2D eigenvalue weighted by Crippen LogP contribution is 2.30. The summed E-state index contributed by atoms with van der Waals surface area (Å²) in [6.45, 7) is 0.00954. The second-order valence-corrected chi connectivity index (χ2v) is 4.16. The maximum absolute atomic E-state index is 12.0. The van der Waals surface area contributed by atoms with Crippen LogP contribution in [0.3, 0.4) is 0 Å². The normalized spacial score (nSPS) is 11.3. The van der Waals surface area contributed by atoms with Crippen molar-refractivity contribution in [3.63, 3.8) is 0 Å². The SMILES string of the molecule is O=C(O)CNCc1ccc(OC(F)(F)F)c(Br)c1. The first-order chi connectivity index (χ1) is 8.28. The third kappa shape index (κ3) is 5.37. The van der Waals surface area contributed by atoms with Gasteiger partial charge in [0, 0.05) is 6.54 Å². The standard InChI is InChI=1S/C10H9BrF3NO3/c11-7-3-6(4-15-5-9(16)17)1-2-8(7)18-10(12,13)14/h1-3,15H,4-5H2,(H,16,17). The third-order valence-corrected chi connectivity index (χ3v) is 2.45. The molecule has 0 aliphatic carbocycles. The van der Waals surface area contributed by atoms with E-state index in [4.69, 9.17) is 5.11 Å². The summed E-state index contributed by atoms with van der Waals surface area (Å²) in [6.07, 6.45) is -4.74. The Balaban J connectivity index is 2.64. The second-order valence-electron chi connectivity index (χ2n) is 3.31. The number of hydrogen-bond donors (Lipinski definition) is 2. The minimum atomic E-state index is -4.74. The van der Waals surface area contributed by atoms with Crippen molar-refractivity contribution in [2.24, 2.45) is 0 Å². The van der Waals surface area contributed by atoms with Gasteiger partial charge in [-0.15, -0.1) is 13.2 Å². The topological polar surface area (TPSA) is 58.6 Å². The molecule has 0 aliphatic rings. The van der Waals surface area contributed by atoms with E-state index in [0.29, 0.717) is 5.56 Å². The molecule has 0 saturated heterocycles. The van der Waals surface area contributed by atoms with Crippen LogP contribution in [-0.2, 0) is 11.3 Å². The Kier molecular flexibility index (Phi) is 4.97. The molecule has 8 heteroatoms. The van der Waals surface area contributed by atoms with Crippen molar-refractivity contribution in [3.8, 4) is 5.75 Å². The summed E-state index contributed by atoms with van der Waals surface area (Å²) in [5, 5.41) is 11.0. The molecule has 0 heterocycles. The van der Waals surface area contributed by atoms with Gasteiger partial charge < -0.3 is 15.2 Å². The van der Waals surface area contributed by atoms with Crippen molar-refractivity contribution >= 4 is 21.9 Å². The molecule has 0 spiro atoms. The minimum absolute atomic E-state index is 0.148. The Morgan fingerprint density at radius 3 is 2.61 bits per heavy atom. The molecule has 18 heavy (non-hydrogen) atoms.